The minimum absolute atomic E-state index is 0.0754. The van der Waals surface area contributed by atoms with E-state index in [4.69, 9.17) is 9.47 Å². The van der Waals surface area contributed by atoms with Crippen molar-refractivity contribution in [2.75, 3.05) is 13.7 Å². The number of nitrogens with zero attached hydrogens (tertiary/aromatic N) is 1. The van der Waals surface area contributed by atoms with E-state index < -0.39 is 34.7 Å². The van der Waals surface area contributed by atoms with E-state index in [0.717, 1.165) is 0 Å². The van der Waals surface area contributed by atoms with Crippen molar-refractivity contribution in [2.45, 2.75) is 51.5 Å². The summed E-state index contributed by atoms with van der Waals surface area (Å²) in [7, 11) is 1.25. The molecule has 1 N–H and O–H groups in total. The van der Waals surface area contributed by atoms with Crippen molar-refractivity contribution in [1.82, 2.24) is 4.90 Å². The number of fused-ring (bicyclic) bond motifs is 1. The molecule has 2 rings (SSSR count). The van der Waals surface area contributed by atoms with Crippen LogP contribution in [-0.4, -0.2) is 53.0 Å². The molecule has 2 saturated heterocycles. The fourth-order valence-electron chi connectivity index (χ4n) is 3.60. The number of amides is 1. The number of ether oxygens (including phenoxy) is 2. The van der Waals surface area contributed by atoms with Gasteiger partial charge in [-0.05, 0) is 13.3 Å². The standard InChI is InChI=1S/C16H25NO5/c1-7-8-10-11(18)17-12(14(2,3)4)22-9-16(17,13(19)21-6)15(10,5)20/h7,10,12,20H,1,8-9H2,2-6H3/t10-,12-,15+,16+/m1/s1. The van der Waals surface area contributed by atoms with Crippen LogP contribution in [0.1, 0.15) is 34.1 Å². The van der Waals surface area contributed by atoms with Crippen LogP contribution >= 0.6 is 0 Å². The Morgan fingerprint density at radius 2 is 2.18 bits per heavy atom. The average Bonchev–Trinajstić information content (AvgIpc) is 2.90. The summed E-state index contributed by atoms with van der Waals surface area (Å²) in [6, 6.07) is 0. The Hall–Kier alpha value is -1.40. The van der Waals surface area contributed by atoms with Gasteiger partial charge in [0.1, 0.15) is 11.8 Å². The first-order chi connectivity index (χ1) is 10.1. The molecule has 0 saturated carbocycles. The molecule has 0 aromatic rings. The maximum Gasteiger partial charge on any atom is 0.337 e. The van der Waals surface area contributed by atoms with E-state index in [1.807, 2.05) is 20.8 Å². The molecule has 0 bridgehead atoms. The number of esters is 1. The van der Waals surface area contributed by atoms with Gasteiger partial charge in [0.25, 0.3) is 0 Å². The molecule has 2 aliphatic heterocycles. The maximum atomic E-state index is 12.9. The number of hydrogen-bond acceptors (Lipinski definition) is 5. The number of carbonyl (C=O) groups excluding carboxylic acids is 2. The molecule has 124 valence electrons. The van der Waals surface area contributed by atoms with Crippen LogP contribution in [0.25, 0.3) is 0 Å². The van der Waals surface area contributed by atoms with Crippen LogP contribution in [0.4, 0.5) is 0 Å². The second-order valence-electron chi connectivity index (χ2n) is 7.31. The topological polar surface area (TPSA) is 76.1 Å². The minimum atomic E-state index is -1.59. The number of aliphatic hydroxyl groups is 1. The van der Waals surface area contributed by atoms with E-state index in [1.165, 1.54) is 18.9 Å². The van der Waals surface area contributed by atoms with Crippen LogP contribution in [0.5, 0.6) is 0 Å². The number of carbonyl (C=O) groups is 2. The zero-order valence-electron chi connectivity index (χ0n) is 13.9. The van der Waals surface area contributed by atoms with Gasteiger partial charge in [0.2, 0.25) is 5.91 Å². The Kier molecular flexibility index (Phi) is 3.90. The molecule has 2 aliphatic rings. The molecule has 0 radical (unpaired) electrons. The molecule has 0 unspecified atom stereocenters. The summed E-state index contributed by atoms with van der Waals surface area (Å²) in [6.07, 6.45) is 1.27. The van der Waals surface area contributed by atoms with Gasteiger partial charge in [0.05, 0.1) is 19.6 Å². The second kappa shape index (κ2) is 5.06. The van der Waals surface area contributed by atoms with Crippen molar-refractivity contribution in [3.8, 4) is 0 Å². The molecule has 0 aromatic carbocycles. The lowest BCUT2D eigenvalue weighted by molar-refractivity contribution is -0.167. The van der Waals surface area contributed by atoms with Gasteiger partial charge in [-0.25, -0.2) is 4.79 Å². The maximum absolute atomic E-state index is 12.9. The van der Waals surface area contributed by atoms with Gasteiger partial charge in [-0.3, -0.25) is 9.69 Å². The average molecular weight is 311 g/mol. The number of methoxy groups -OCH3 is 1. The highest BCUT2D eigenvalue weighted by atomic mass is 16.6. The predicted molar refractivity (Wildman–Crippen MR) is 79.7 cm³/mol. The van der Waals surface area contributed by atoms with Crippen LogP contribution in [0.3, 0.4) is 0 Å². The first-order valence-corrected chi connectivity index (χ1v) is 7.42. The fourth-order valence-corrected chi connectivity index (χ4v) is 3.60. The van der Waals surface area contributed by atoms with Gasteiger partial charge in [-0.2, -0.15) is 0 Å². The van der Waals surface area contributed by atoms with Crippen LogP contribution < -0.4 is 0 Å². The Bertz CT molecular complexity index is 507. The fraction of sp³-hybridized carbons (Fsp3) is 0.750. The van der Waals surface area contributed by atoms with Crippen LogP contribution in [0, 0.1) is 11.3 Å². The van der Waals surface area contributed by atoms with Gasteiger partial charge in [-0.15, -0.1) is 6.58 Å². The Morgan fingerprint density at radius 3 is 2.64 bits per heavy atom. The molecule has 0 aliphatic carbocycles. The molecule has 0 spiro atoms. The molecule has 22 heavy (non-hydrogen) atoms. The highest BCUT2D eigenvalue weighted by molar-refractivity contribution is 5.97. The van der Waals surface area contributed by atoms with Gasteiger partial charge >= 0.3 is 5.97 Å². The molecular formula is C16H25NO5. The Morgan fingerprint density at radius 1 is 1.59 bits per heavy atom. The third-order valence-corrected chi connectivity index (χ3v) is 4.81. The lowest BCUT2D eigenvalue weighted by Gasteiger charge is -2.40. The summed E-state index contributed by atoms with van der Waals surface area (Å²) < 4.78 is 10.7. The van der Waals surface area contributed by atoms with Crippen molar-refractivity contribution in [1.29, 1.82) is 0 Å². The Labute approximate surface area is 131 Å². The van der Waals surface area contributed by atoms with E-state index in [9.17, 15) is 14.7 Å². The van der Waals surface area contributed by atoms with Crippen LogP contribution in [0.2, 0.25) is 0 Å². The zero-order chi connectivity index (χ0) is 16.9. The van der Waals surface area contributed by atoms with Gasteiger partial charge in [0.15, 0.2) is 5.54 Å². The molecular weight excluding hydrogens is 286 g/mol. The van der Waals surface area contributed by atoms with Crippen molar-refractivity contribution >= 4 is 11.9 Å². The van der Waals surface area contributed by atoms with Crippen molar-refractivity contribution in [3.63, 3.8) is 0 Å². The number of allylic oxidation sites excluding steroid dienone is 1. The quantitative estimate of drug-likeness (QED) is 0.623. The smallest absolute Gasteiger partial charge is 0.337 e. The second-order valence-corrected chi connectivity index (χ2v) is 7.31. The third kappa shape index (κ3) is 1.93. The largest absolute Gasteiger partial charge is 0.467 e. The van der Waals surface area contributed by atoms with E-state index in [1.54, 1.807) is 6.08 Å². The number of hydrogen-bond donors (Lipinski definition) is 1. The lowest BCUT2D eigenvalue weighted by Crippen LogP contribution is -2.64. The van der Waals surface area contributed by atoms with Crippen molar-refractivity contribution in [3.05, 3.63) is 12.7 Å². The molecule has 0 aromatic heterocycles. The number of rotatable bonds is 3. The van der Waals surface area contributed by atoms with E-state index in [-0.39, 0.29) is 18.9 Å². The first kappa shape index (κ1) is 17.0. The third-order valence-electron chi connectivity index (χ3n) is 4.81. The summed E-state index contributed by atoms with van der Waals surface area (Å²) in [5, 5.41) is 11.1. The lowest BCUT2D eigenvalue weighted by atomic mass is 9.75. The summed E-state index contributed by atoms with van der Waals surface area (Å²) in [5.74, 6) is -1.69. The van der Waals surface area contributed by atoms with Crippen LogP contribution in [-0.2, 0) is 19.1 Å². The molecule has 2 fully saturated rings. The highest BCUT2D eigenvalue weighted by Gasteiger charge is 2.75. The normalized spacial score (nSPS) is 38.1. The van der Waals surface area contributed by atoms with E-state index >= 15 is 0 Å². The molecule has 2 heterocycles. The van der Waals surface area contributed by atoms with Crippen LogP contribution in [0.15, 0.2) is 12.7 Å². The molecule has 6 heteroatoms. The summed E-state index contributed by atoms with van der Waals surface area (Å²) in [4.78, 5) is 26.8. The predicted octanol–water partition coefficient (Wildman–Crippen LogP) is 1.09. The minimum Gasteiger partial charge on any atom is -0.467 e. The van der Waals surface area contributed by atoms with E-state index in [2.05, 4.69) is 6.58 Å². The summed E-state index contributed by atoms with van der Waals surface area (Å²) in [6.45, 7) is 10.8. The Balaban J connectivity index is 2.61. The van der Waals surface area contributed by atoms with Crippen molar-refractivity contribution in [2.24, 2.45) is 11.3 Å². The monoisotopic (exact) mass is 311 g/mol. The van der Waals surface area contributed by atoms with Gasteiger partial charge in [-0.1, -0.05) is 26.8 Å². The summed E-state index contributed by atoms with van der Waals surface area (Å²) in [5.41, 5.74) is -3.50. The molecule has 1 amide bonds. The highest BCUT2D eigenvalue weighted by Crippen LogP contribution is 2.52. The van der Waals surface area contributed by atoms with Gasteiger partial charge in [0, 0.05) is 5.41 Å². The molecule has 4 atom stereocenters. The van der Waals surface area contributed by atoms with Gasteiger partial charge < -0.3 is 14.6 Å². The summed E-state index contributed by atoms with van der Waals surface area (Å²) >= 11 is 0. The molecule has 6 nitrogen and oxygen atoms in total. The first-order valence-electron chi connectivity index (χ1n) is 7.42. The zero-order valence-corrected chi connectivity index (χ0v) is 13.9. The van der Waals surface area contributed by atoms with E-state index in [0.29, 0.717) is 0 Å². The SMILES string of the molecule is C=CC[C@@H]1C(=O)N2[C@@H](C(C)(C)C)OC[C@]2(C(=O)OC)[C@@]1(C)O. The van der Waals surface area contributed by atoms with Crippen molar-refractivity contribution < 1.29 is 24.2 Å².